The van der Waals surface area contributed by atoms with Crippen LogP contribution < -0.4 is 9.47 Å². The molecule has 0 saturated carbocycles. The van der Waals surface area contributed by atoms with Crippen molar-refractivity contribution in [3.05, 3.63) is 40.3 Å². The lowest BCUT2D eigenvalue weighted by Gasteiger charge is -2.32. The third-order valence-corrected chi connectivity index (χ3v) is 4.51. The van der Waals surface area contributed by atoms with Crippen molar-refractivity contribution in [2.24, 2.45) is 0 Å². The number of hydrogen-bond donors (Lipinski definition) is 0. The van der Waals surface area contributed by atoms with Crippen LogP contribution in [0.2, 0.25) is 0 Å². The molecule has 1 fully saturated rings. The SMILES string of the molecule is COc1ccnc(CN2CCO[C@@H](c3ccsc3)C2)c1OC. The molecule has 0 aromatic carbocycles. The number of aromatic nitrogens is 1. The summed E-state index contributed by atoms with van der Waals surface area (Å²) in [7, 11) is 3.29. The molecule has 0 aliphatic carbocycles. The molecule has 0 bridgehead atoms. The maximum Gasteiger partial charge on any atom is 0.183 e. The average molecular weight is 320 g/mol. The van der Waals surface area contributed by atoms with E-state index in [1.807, 2.05) is 6.07 Å². The number of thiophene rings is 1. The van der Waals surface area contributed by atoms with Crippen LogP contribution >= 0.6 is 11.3 Å². The highest BCUT2D eigenvalue weighted by atomic mass is 32.1. The van der Waals surface area contributed by atoms with Crippen LogP contribution in [0, 0.1) is 0 Å². The van der Waals surface area contributed by atoms with Gasteiger partial charge in [0.2, 0.25) is 0 Å². The van der Waals surface area contributed by atoms with E-state index in [-0.39, 0.29) is 6.10 Å². The van der Waals surface area contributed by atoms with Crippen LogP contribution in [0.25, 0.3) is 0 Å². The Morgan fingerprint density at radius 3 is 3.00 bits per heavy atom. The smallest absolute Gasteiger partial charge is 0.183 e. The molecule has 0 spiro atoms. The van der Waals surface area contributed by atoms with Gasteiger partial charge in [0, 0.05) is 31.9 Å². The molecule has 6 heteroatoms. The summed E-state index contributed by atoms with van der Waals surface area (Å²) < 4.78 is 16.7. The Hall–Kier alpha value is -1.63. The number of nitrogens with zero attached hydrogens (tertiary/aromatic N) is 2. The maximum atomic E-state index is 5.88. The predicted molar refractivity (Wildman–Crippen MR) is 85.6 cm³/mol. The number of hydrogen-bond acceptors (Lipinski definition) is 6. The van der Waals surface area contributed by atoms with E-state index in [0.29, 0.717) is 5.75 Å². The summed E-state index contributed by atoms with van der Waals surface area (Å²) in [6.45, 7) is 3.21. The summed E-state index contributed by atoms with van der Waals surface area (Å²) in [5.74, 6) is 1.43. The summed E-state index contributed by atoms with van der Waals surface area (Å²) in [5.41, 5.74) is 2.15. The Labute approximate surface area is 134 Å². The quantitative estimate of drug-likeness (QED) is 0.847. The number of methoxy groups -OCH3 is 2. The van der Waals surface area contributed by atoms with Gasteiger partial charge < -0.3 is 14.2 Å². The molecule has 2 aromatic rings. The van der Waals surface area contributed by atoms with Crippen molar-refractivity contribution in [3.8, 4) is 11.5 Å². The number of morpholine rings is 1. The highest BCUT2D eigenvalue weighted by Crippen LogP contribution is 2.31. The monoisotopic (exact) mass is 320 g/mol. The molecule has 1 saturated heterocycles. The van der Waals surface area contributed by atoms with E-state index >= 15 is 0 Å². The first-order valence-electron chi connectivity index (χ1n) is 7.23. The van der Waals surface area contributed by atoms with Gasteiger partial charge in [0.1, 0.15) is 5.69 Å². The third kappa shape index (κ3) is 3.24. The van der Waals surface area contributed by atoms with Crippen LogP contribution in [0.15, 0.2) is 29.1 Å². The van der Waals surface area contributed by atoms with E-state index < -0.39 is 0 Å². The minimum Gasteiger partial charge on any atom is -0.493 e. The summed E-state index contributed by atoms with van der Waals surface area (Å²) in [5, 5.41) is 4.24. The molecule has 1 aliphatic rings. The highest BCUT2D eigenvalue weighted by molar-refractivity contribution is 7.07. The van der Waals surface area contributed by atoms with E-state index in [4.69, 9.17) is 14.2 Å². The molecule has 0 unspecified atom stereocenters. The summed E-state index contributed by atoms with van der Waals surface area (Å²) >= 11 is 1.70. The molecule has 0 amide bonds. The van der Waals surface area contributed by atoms with Gasteiger partial charge in [0.25, 0.3) is 0 Å². The van der Waals surface area contributed by atoms with Gasteiger partial charge in [-0.05, 0) is 22.4 Å². The van der Waals surface area contributed by atoms with Gasteiger partial charge in [0.05, 0.1) is 26.9 Å². The fourth-order valence-electron chi connectivity index (χ4n) is 2.68. The zero-order chi connectivity index (χ0) is 15.4. The highest BCUT2D eigenvalue weighted by Gasteiger charge is 2.24. The molecule has 1 aliphatic heterocycles. The molecule has 3 rings (SSSR count). The van der Waals surface area contributed by atoms with Crippen molar-refractivity contribution in [2.75, 3.05) is 33.9 Å². The molecular weight excluding hydrogens is 300 g/mol. The second kappa shape index (κ2) is 7.09. The largest absolute Gasteiger partial charge is 0.493 e. The van der Waals surface area contributed by atoms with E-state index in [1.165, 1.54) is 5.56 Å². The van der Waals surface area contributed by atoms with Crippen LogP contribution in [-0.4, -0.2) is 43.8 Å². The van der Waals surface area contributed by atoms with Crippen LogP contribution in [-0.2, 0) is 11.3 Å². The molecule has 118 valence electrons. The Bertz CT molecular complexity index is 603. The van der Waals surface area contributed by atoms with E-state index in [9.17, 15) is 0 Å². The van der Waals surface area contributed by atoms with Crippen molar-refractivity contribution in [2.45, 2.75) is 12.6 Å². The van der Waals surface area contributed by atoms with Crippen LogP contribution in [0.1, 0.15) is 17.4 Å². The molecule has 0 radical (unpaired) electrons. The van der Waals surface area contributed by atoms with Crippen LogP contribution in [0.3, 0.4) is 0 Å². The van der Waals surface area contributed by atoms with Gasteiger partial charge in [-0.2, -0.15) is 11.3 Å². The summed E-state index contributed by atoms with van der Waals surface area (Å²) in [4.78, 5) is 6.80. The molecule has 0 N–H and O–H groups in total. The van der Waals surface area contributed by atoms with Crippen molar-refractivity contribution < 1.29 is 14.2 Å². The Morgan fingerprint density at radius 1 is 1.36 bits per heavy atom. The molecule has 1 atom stereocenters. The van der Waals surface area contributed by atoms with E-state index in [1.54, 1.807) is 31.8 Å². The first-order chi connectivity index (χ1) is 10.8. The van der Waals surface area contributed by atoms with Gasteiger partial charge in [-0.1, -0.05) is 0 Å². The van der Waals surface area contributed by atoms with Crippen molar-refractivity contribution in [1.29, 1.82) is 0 Å². The number of rotatable bonds is 5. The summed E-state index contributed by atoms with van der Waals surface area (Å²) in [6.07, 6.45) is 1.89. The zero-order valence-corrected chi connectivity index (χ0v) is 13.6. The standard InChI is InChI=1S/C16H20N2O3S/c1-19-14-3-5-17-13(16(14)20-2)9-18-6-7-21-15(10-18)12-4-8-22-11-12/h3-5,8,11,15H,6-7,9-10H2,1-2H3/t15-/m1/s1. The predicted octanol–water partition coefficient (Wildman–Crippen LogP) is 2.73. The average Bonchev–Trinajstić information content (AvgIpc) is 3.09. The number of pyridine rings is 1. The number of ether oxygens (including phenoxy) is 3. The fraction of sp³-hybridized carbons (Fsp3) is 0.438. The molecule has 22 heavy (non-hydrogen) atoms. The fourth-order valence-corrected chi connectivity index (χ4v) is 3.38. The minimum atomic E-state index is 0.136. The first-order valence-corrected chi connectivity index (χ1v) is 8.18. The molecular formula is C16H20N2O3S. The van der Waals surface area contributed by atoms with Crippen molar-refractivity contribution in [3.63, 3.8) is 0 Å². The lowest BCUT2D eigenvalue weighted by Crippen LogP contribution is -2.38. The topological polar surface area (TPSA) is 43.8 Å². The minimum absolute atomic E-state index is 0.136. The van der Waals surface area contributed by atoms with Gasteiger partial charge in [0.15, 0.2) is 11.5 Å². The Morgan fingerprint density at radius 2 is 2.27 bits per heavy atom. The molecule has 2 aromatic heterocycles. The third-order valence-electron chi connectivity index (χ3n) is 3.81. The van der Waals surface area contributed by atoms with Gasteiger partial charge >= 0.3 is 0 Å². The van der Waals surface area contributed by atoms with E-state index in [0.717, 1.165) is 37.7 Å². The van der Waals surface area contributed by atoms with Crippen LogP contribution in [0.5, 0.6) is 11.5 Å². The zero-order valence-electron chi connectivity index (χ0n) is 12.8. The Balaban J connectivity index is 1.73. The second-order valence-electron chi connectivity index (χ2n) is 5.14. The van der Waals surface area contributed by atoms with Crippen molar-refractivity contribution in [1.82, 2.24) is 9.88 Å². The normalized spacial score (nSPS) is 19.1. The first kappa shape index (κ1) is 15.3. The molecule has 5 nitrogen and oxygen atoms in total. The lowest BCUT2D eigenvalue weighted by molar-refractivity contribution is -0.0332. The van der Waals surface area contributed by atoms with E-state index in [2.05, 4.69) is 26.7 Å². The van der Waals surface area contributed by atoms with Gasteiger partial charge in [-0.15, -0.1) is 0 Å². The lowest BCUT2D eigenvalue weighted by atomic mass is 10.1. The maximum absolute atomic E-state index is 5.88. The van der Waals surface area contributed by atoms with Crippen molar-refractivity contribution >= 4 is 11.3 Å². The Kier molecular flexibility index (Phi) is 4.92. The van der Waals surface area contributed by atoms with Crippen LogP contribution in [0.4, 0.5) is 0 Å². The summed E-state index contributed by atoms with van der Waals surface area (Å²) in [6, 6.07) is 3.94. The van der Waals surface area contributed by atoms with Gasteiger partial charge in [-0.3, -0.25) is 9.88 Å². The van der Waals surface area contributed by atoms with Gasteiger partial charge in [-0.25, -0.2) is 0 Å². The molecule has 3 heterocycles. The second-order valence-corrected chi connectivity index (χ2v) is 5.92.